The van der Waals surface area contributed by atoms with Gasteiger partial charge in [-0.2, -0.15) is 0 Å². The van der Waals surface area contributed by atoms with Crippen molar-refractivity contribution in [1.82, 2.24) is 4.90 Å². The Morgan fingerprint density at radius 2 is 1.54 bits per heavy atom. The van der Waals surface area contributed by atoms with Gasteiger partial charge in [-0.1, -0.05) is 79.6 Å². The highest BCUT2D eigenvalue weighted by Crippen LogP contribution is 2.39. The fourth-order valence-corrected chi connectivity index (χ4v) is 5.71. The summed E-state index contributed by atoms with van der Waals surface area (Å²) in [5.74, 6) is 0.0809. The average Bonchev–Trinajstić information content (AvgIpc) is 3.02. The van der Waals surface area contributed by atoms with Crippen molar-refractivity contribution in [3.63, 3.8) is 0 Å². The molecule has 5 heteroatoms. The average molecular weight is 515 g/mol. The predicted molar refractivity (Wildman–Crippen MR) is 152 cm³/mol. The van der Waals surface area contributed by atoms with Crippen LogP contribution >= 0.6 is 11.6 Å². The zero-order valence-electron chi connectivity index (χ0n) is 21.5. The largest absolute Gasteiger partial charge is 0.385 e. The van der Waals surface area contributed by atoms with Crippen LogP contribution in [0.15, 0.2) is 78.9 Å². The molecular weight excluding hydrogens is 480 g/mol. The lowest BCUT2D eigenvalue weighted by Crippen LogP contribution is -2.42. The van der Waals surface area contributed by atoms with Crippen LogP contribution in [0, 0.1) is 0 Å². The number of amides is 1. The third kappa shape index (κ3) is 5.38. The Hall–Kier alpha value is -2.92. The van der Waals surface area contributed by atoms with Crippen LogP contribution in [0.3, 0.4) is 0 Å². The molecule has 2 aliphatic rings. The number of unbranched alkanes of at least 4 members (excludes halogenated alkanes) is 1. The van der Waals surface area contributed by atoms with Crippen molar-refractivity contribution in [3.05, 3.63) is 106 Å². The smallest absolute Gasteiger partial charge is 0.258 e. The van der Waals surface area contributed by atoms with Crippen LogP contribution < -0.4 is 4.90 Å². The predicted octanol–water partition coefficient (Wildman–Crippen LogP) is 6.91. The fourth-order valence-electron chi connectivity index (χ4n) is 5.59. The van der Waals surface area contributed by atoms with Crippen LogP contribution in [0.25, 0.3) is 5.57 Å². The number of piperidine rings is 1. The molecule has 0 unspecified atom stereocenters. The summed E-state index contributed by atoms with van der Waals surface area (Å²) in [5, 5.41) is 11.9. The first kappa shape index (κ1) is 25.7. The SMILES string of the molecule is CCCCN1C(=O)c2ccccc2/C(=C\CCN2CCC(O)(c3ccc(Cl)cc3)CC2)c2ccccc21. The third-order valence-corrected chi connectivity index (χ3v) is 8.02. The molecule has 1 N–H and O–H groups in total. The van der Waals surface area contributed by atoms with Crippen molar-refractivity contribution < 1.29 is 9.90 Å². The van der Waals surface area contributed by atoms with Gasteiger partial charge in [-0.05, 0) is 66.6 Å². The Labute approximate surface area is 225 Å². The van der Waals surface area contributed by atoms with Crippen molar-refractivity contribution in [3.8, 4) is 0 Å². The summed E-state index contributed by atoms with van der Waals surface area (Å²) in [6.45, 7) is 5.48. The normalized spacial score (nSPS) is 18.4. The van der Waals surface area contributed by atoms with E-state index in [1.807, 2.05) is 53.4 Å². The number of rotatable bonds is 7. The van der Waals surface area contributed by atoms with Crippen LogP contribution in [-0.4, -0.2) is 42.1 Å². The molecule has 0 bridgehead atoms. The molecule has 1 saturated heterocycles. The van der Waals surface area contributed by atoms with Gasteiger partial charge in [0, 0.05) is 42.3 Å². The van der Waals surface area contributed by atoms with Gasteiger partial charge in [0.1, 0.15) is 0 Å². The monoisotopic (exact) mass is 514 g/mol. The molecule has 192 valence electrons. The summed E-state index contributed by atoms with van der Waals surface area (Å²) in [5.41, 5.74) is 5.18. The number of benzene rings is 3. The fraction of sp³-hybridized carbons (Fsp3) is 0.344. The van der Waals surface area contributed by atoms with E-state index in [1.54, 1.807) is 0 Å². The first-order valence-electron chi connectivity index (χ1n) is 13.4. The first-order valence-corrected chi connectivity index (χ1v) is 13.8. The molecule has 1 fully saturated rings. The number of carbonyl (C=O) groups is 1. The van der Waals surface area contributed by atoms with Gasteiger partial charge in [-0.3, -0.25) is 4.79 Å². The number of carbonyl (C=O) groups excluding carboxylic acids is 1. The maximum Gasteiger partial charge on any atom is 0.258 e. The Bertz CT molecular complexity index is 1280. The van der Waals surface area contributed by atoms with E-state index in [0.717, 1.165) is 79.0 Å². The summed E-state index contributed by atoms with van der Waals surface area (Å²) in [7, 11) is 0. The van der Waals surface area contributed by atoms with Gasteiger partial charge in [-0.15, -0.1) is 0 Å². The molecule has 0 saturated carbocycles. The lowest BCUT2D eigenvalue weighted by Gasteiger charge is -2.38. The molecule has 37 heavy (non-hydrogen) atoms. The summed E-state index contributed by atoms with van der Waals surface area (Å²) in [6, 6.07) is 23.9. The maximum atomic E-state index is 13.6. The minimum Gasteiger partial charge on any atom is -0.385 e. The van der Waals surface area contributed by atoms with Crippen LogP contribution in [0.1, 0.15) is 66.1 Å². The molecule has 0 atom stereocenters. The van der Waals surface area contributed by atoms with Crippen LogP contribution in [-0.2, 0) is 5.60 Å². The second-order valence-electron chi connectivity index (χ2n) is 10.2. The van der Waals surface area contributed by atoms with Gasteiger partial charge in [0.05, 0.1) is 11.3 Å². The summed E-state index contributed by atoms with van der Waals surface area (Å²) in [6.07, 6.45) is 6.60. The topological polar surface area (TPSA) is 43.8 Å². The molecule has 0 aromatic heterocycles. The van der Waals surface area contributed by atoms with Crippen molar-refractivity contribution in [2.45, 2.75) is 44.6 Å². The second-order valence-corrected chi connectivity index (χ2v) is 10.6. The number of fused-ring (bicyclic) bond motifs is 2. The Morgan fingerprint density at radius 3 is 2.24 bits per heavy atom. The van der Waals surface area contributed by atoms with E-state index in [9.17, 15) is 9.90 Å². The van der Waals surface area contributed by atoms with Crippen LogP contribution in [0.5, 0.6) is 0 Å². The zero-order valence-corrected chi connectivity index (χ0v) is 22.3. The van der Waals surface area contributed by atoms with E-state index in [1.165, 1.54) is 0 Å². The van der Waals surface area contributed by atoms with E-state index < -0.39 is 5.60 Å². The highest BCUT2D eigenvalue weighted by molar-refractivity contribution is 6.30. The van der Waals surface area contributed by atoms with E-state index >= 15 is 0 Å². The van der Waals surface area contributed by atoms with E-state index in [-0.39, 0.29) is 5.91 Å². The minimum absolute atomic E-state index is 0.0809. The molecule has 3 aromatic rings. The Balaban J connectivity index is 1.35. The summed E-state index contributed by atoms with van der Waals surface area (Å²) in [4.78, 5) is 18.0. The van der Waals surface area contributed by atoms with Gasteiger partial charge in [0.2, 0.25) is 0 Å². The van der Waals surface area contributed by atoms with Crippen molar-refractivity contribution >= 4 is 28.8 Å². The van der Waals surface area contributed by atoms with Crippen molar-refractivity contribution in [2.24, 2.45) is 0 Å². The molecule has 3 aromatic carbocycles. The highest BCUT2D eigenvalue weighted by atomic mass is 35.5. The molecular formula is C32H35ClN2O2. The number of para-hydroxylation sites is 1. The maximum absolute atomic E-state index is 13.6. The van der Waals surface area contributed by atoms with Crippen molar-refractivity contribution in [2.75, 3.05) is 31.1 Å². The van der Waals surface area contributed by atoms with E-state index in [2.05, 4.69) is 42.2 Å². The number of hydrogen-bond acceptors (Lipinski definition) is 3. The Kier molecular flexibility index (Phi) is 7.80. The Morgan fingerprint density at radius 1 is 0.892 bits per heavy atom. The number of hydrogen-bond donors (Lipinski definition) is 1. The molecule has 0 radical (unpaired) electrons. The van der Waals surface area contributed by atoms with E-state index in [0.29, 0.717) is 17.9 Å². The molecule has 1 amide bonds. The highest BCUT2D eigenvalue weighted by Gasteiger charge is 2.34. The number of aliphatic hydroxyl groups is 1. The summed E-state index contributed by atoms with van der Waals surface area (Å²) >= 11 is 6.04. The van der Waals surface area contributed by atoms with Gasteiger partial charge in [-0.25, -0.2) is 0 Å². The standard InChI is InChI=1S/C32H35ClN2O2/c1-2-3-21-35-30-13-7-6-10-28(30)26(27-9-4-5-11-29(27)31(35)36)12-8-20-34-22-18-32(37,19-23-34)24-14-16-25(33)17-15-24/h4-7,9-17,37H,2-3,8,18-23H2,1H3/b26-12+. The lowest BCUT2D eigenvalue weighted by atomic mass is 9.84. The zero-order chi connectivity index (χ0) is 25.8. The quantitative estimate of drug-likeness (QED) is 0.372. The van der Waals surface area contributed by atoms with Crippen molar-refractivity contribution in [1.29, 1.82) is 0 Å². The molecule has 2 aliphatic heterocycles. The van der Waals surface area contributed by atoms with Gasteiger partial charge >= 0.3 is 0 Å². The number of nitrogens with zero attached hydrogens (tertiary/aromatic N) is 2. The molecule has 0 spiro atoms. The second kappa shape index (κ2) is 11.2. The lowest BCUT2D eigenvalue weighted by molar-refractivity contribution is -0.0254. The molecule has 2 heterocycles. The van der Waals surface area contributed by atoms with Gasteiger partial charge in [0.15, 0.2) is 0 Å². The number of anilines is 1. The first-order chi connectivity index (χ1) is 18.0. The minimum atomic E-state index is -0.791. The number of likely N-dealkylation sites (tertiary alicyclic amines) is 1. The van der Waals surface area contributed by atoms with E-state index in [4.69, 9.17) is 11.6 Å². The van der Waals surface area contributed by atoms with Crippen LogP contribution in [0.2, 0.25) is 5.02 Å². The third-order valence-electron chi connectivity index (χ3n) is 7.77. The molecule has 4 nitrogen and oxygen atoms in total. The van der Waals surface area contributed by atoms with Gasteiger partial charge in [0.25, 0.3) is 5.91 Å². The summed E-state index contributed by atoms with van der Waals surface area (Å²) < 4.78 is 0. The molecule has 0 aliphatic carbocycles. The van der Waals surface area contributed by atoms with Crippen LogP contribution in [0.4, 0.5) is 5.69 Å². The van der Waals surface area contributed by atoms with Gasteiger partial charge < -0.3 is 14.9 Å². The number of halogens is 1. The molecule has 5 rings (SSSR count).